The van der Waals surface area contributed by atoms with Gasteiger partial charge in [0.1, 0.15) is 17.1 Å². The van der Waals surface area contributed by atoms with Crippen LogP contribution in [0.25, 0.3) is 0 Å². The van der Waals surface area contributed by atoms with Crippen molar-refractivity contribution in [2.75, 3.05) is 26.7 Å². The topological polar surface area (TPSA) is 47.7 Å². The highest BCUT2D eigenvalue weighted by atomic mass is 16.5. The molecule has 0 radical (unpaired) electrons. The van der Waals surface area contributed by atoms with Crippen LogP contribution in [-0.2, 0) is 0 Å². The minimum atomic E-state index is -0.0945. The second-order valence-corrected chi connectivity index (χ2v) is 6.29. The number of hydrogen-bond acceptors (Lipinski definition) is 4. The molecule has 21 heavy (non-hydrogen) atoms. The zero-order valence-electron chi connectivity index (χ0n) is 13.1. The van der Waals surface area contributed by atoms with Gasteiger partial charge < -0.3 is 20.1 Å². The first kappa shape index (κ1) is 14.7. The Labute approximate surface area is 127 Å². The summed E-state index contributed by atoms with van der Waals surface area (Å²) in [5, 5.41) is 0. The zero-order valence-corrected chi connectivity index (χ0v) is 13.1. The van der Waals surface area contributed by atoms with Gasteiger partial charge in [0, 0.05) is 30.6 Å². The lowest BCUT2D eigenvalue weighted by atomic mass is 9.82. The van der Waals surface area contributed by atoms with Crippen LogP contribution in [-0.4, -0.2) is 37.2 Å². The highest BCUT2D eigenvalue weighted by molar-refractivity contribution is 5.44. The number of methoxy groups -OCH3 is 1. The summed E-state index contributed by atoms with van der Waals surface area (Å²) in [4.78, 5) is 2.50. The lowest BCUT2D eigenvalue weighted by Gasteiger charge is -2.41. The van der Waals surface area contributed by atoms with Crippen LogP contribution >= 0.6 is 0 Å². The first-order valence-corrected chi connectivity index (χ1v) is 8.01. The van der Waals surface area contributed by atoms with Crippen LogP contribution in [0.2, 0.25) is 0 Å². The minimum absolute atomic E-state index is 0.0628. The molecule has 2 N–H and O–H groups in total. The molecule has 1 aromatic carbocycles. The average Bonchev–Trinajstić information content (AvgIpc) is 2.69. The summed E-state index contributed by atoms with van der Waals surface area (Å²) in [5.41, 5.74) is 7.44. The van der Waals surface area contributed by atoms with E-state index in [2.05, 4.69) is 11.8 Å². The number of benzene rings is 1. The SMILES string of the molecule is CCN1CCCC2(CC1)C[C@@H](N)c1ccc(OC)cc1O2. The molecule has 0 aromatic heterocycles. The fraction of sp³-hybridized carbons (Fsp3) is 0.647. The van der Waals surface area contributed by atoms with Crippen molar-refractivity contribution in [1.29, 1.82) is 0 Å². The molecule has 2 heterocycles. The molecule has 1 aromatic rings. The van der Waals surface area contributed by atoms with Crippen LogP contribution < -0.4 is 15.2 Å². The van der Waals surface area contributed by atoms with E-state index in [0.29, 0.717) is 0 Å². The van der Waals surface area contributed by atoms with E-state index in [0.717, 1.165) is 49.4 Å². The van der Waals surface area contributed by atoms with Crippen LogP contribution in [0.4, 0.5) is 0 Å². The second-order valence-electron chi connectivity index (χ2n) is 6.29. The molecular formula is C17H26N2O2. The van der Waals surface area contributed by atoms with Gasteiger partial charge in [-0.25, -0.2) is 0 Å². The Balaban J connectivity index is 1.86. The van der Waals surface area contributed by atoms with E-state index >= 15 is 0 Å². The molecule has 1 spiro atoms. The number of likely N-dealkylation sites (tertiary alicyclic amines) is 1. The van der Waals surface area contributed by atoms with Gasteiger partial charge in [0.05, 0.1) is 7.11 Å². The van der Waals surface area contributed by atoms with Gasteiger partial charge in [-0.2, -0.15) is 0 Å². The summed E-state index contributed by atoms with van der Waals surface area (Å²) in [6.45, 7) is 5.61. The van der Waals surface area contributed by atoms with Crippen molar-refractivity contribution in [3.05, 3.63) is 23.8 Å². The van der Waals surface area contributed by atoms with Crippen molar-refractivity contribution >= 4 is 0 Å². The second kappa shape index (κ2) is 5.85. The molecule has 2 aliphatic rings. The van der Waals surface area contributed by atoms with Gasteiger partial charge >= 0.3 is 0 Å². The Kier molecular flexibility index (Phi) is 4.09. The Morgan fingerprint density at radius 2 is 2.24 bits per heavy atom. The summed E-state index contributed by atoms with van der Waals surface area (Å²) >= 11 is 0. The minimum Gasteiger partial charge on any atom is -0.497 e. The Bertz CT molecular complexity index is 506. The van der Waals surface area contributed by atoms with E-state index in [1.54, 1.807) is 7.11 Å². The first-order valence-electron chi connectivity index (χ1n) is 8.01. The van der Waals surface area contributed by atoms with E-state index in [4.69, 9.17) is 15.2 Å². The predicted molar refractivity (Wildman–Crippen MR) is 83.9 cm³/mol. The van der Waals surface area contributed by atoms with Crippen LogP contribution in [0.3, 0.4) is 0 Å². The number of ether oxygens (including phenoxy) is 2. The highest BCUT2D eigenvalue weighted by Crippen LogP contribution is 2.44. The van der Waals surface area contributed by atoms with Crippen LogP contribution in [0.1, 0.15) is 44.2 Å². The fourth-order valence-electron chi connectivity index (χ4n) is 3.67. The molecule has 3 rings (SSSR count). The monoisotopic (exact) mass is 290 g/mol. The predicted octanol–water partition coefficient (Wildman–Crippen LogP) is 2.72. The Morgan fingerprint density at radius 3 is 3.00 bits per heavy atom. The average molecular weight is 290 g/mol. The smallest absolute Gasteiger partial charge is 0.128 e. The van der Waals surface area contributed by atoms with Crippen molar-refractivity contribution in [2.24, 2.45) is 5.73 Å². The van der Waals surface area contributed by atoms with Crippen molar-refractivity contribution in [3.63, 3.8) is 0 Å². The molecular weight excluding hydrogens is 264 g/mol. The Hall–Kier alpha value is -1.26. The van der Waals surface area contributed by atoms with Crippen LogP contribution in [0.15, 0.2) is 18.2 Å². The van der Waals surface area contributed by atoms with Crippen molar-refractivity contribution in [1.82, 2.24) is 4.90 Å². The molecule has 0 saturated carbocycles. The standard InChI is InChI=1S/C17H26N2O2/c1-3-19-9-4-7-17(8-10-19)12-15(18)14-6-5-13(20-2)11-16(14)21-17/h5-6,11,15H,3-4,7-10,12,18H2,1-2H3/t15-,17?/m1/s1. The summed E-state index contributed by atoms with van der Waals surface area (Å²) in [5.74, 6) is 1.75. The molecule has 1 fully saturated rings. The van der Waals surface area contributed by atoms with Crippen molar-refractivity contribution < 1.29 is 9.47 Å². The summed E-state index contributed by atoms with van der Waals surface area (Å²) in [6.07, 6.45) is 4.25. The highest BCUT2D eigenvalue weighted by Gasteiger charge is 2.40. The molecule has 1 saturated heterocycles. The van der Waals surface area contributed by atoms with Gasteiger partial charge in [-0.1, -0.05) is 13.0 Å². The summed E-state index contributed by atoms with van der Waals surface area (Å²) in [6, 6.07) is 6.05. The third-order valence-corrected chi connectivity index (χ3v) is 4.98. The number of nitrogens with zero attached hydrogens (tertiary/aromatic N) is 1. The maximum Gasteiger partial charge on any atom is 0.128 e. The van der Waals surface area contributed by atoms with Crippen molar-refractivity contribution in [3.8, 4) is 11.5 Å². The van der Waals surface area contributed by atoms with Crippen LogP contribution in [0.5, 0.6) is 11.5 Å². The molecule has 4 nitrogen and oxygen atoms in total. The van der Waals surface area contributed by atoms with E-state index in [1.165, 1.54) is 13.0 Å². The van der Waals surface area contributed by atoms with E-state index in [1.807, 2.05) is 18.2 Å². The number of nitrogens with two attached hydrogens (primary N) is 1. The molecule has 4 heteroatoms. The van der Waals surface area contributed by atoms with Gasteiger partial charge in [0.2, 0.25) is 0 Å². The normalized spacial score (nSPS) is 29.6. The molecule has 1 unspecified atom stereocenters. The summed E-state index contributed by atoms with van der Waals surface area (Å²) < 4.78 is 11.8. The van der Waals surface area contributed by atoms with E-state index in [9.17, 15) is 0 Å². The molecule has 2 aliphatic heterocycles. The van der Waals surface area contributed by atoms with E-state index < -0.39 is 0 Å². The number of fused-ring (bicyclic) bond motifs is 1. The zero-order chi connectivity index (χ0) is 14.9. The number of hydrogen-bond donors (Lipinski definition) is 1. The van der Waals surface area contributed by atoms with Gasteiger partial charge in [-0.3, -0.25) is 0 Å². The Morgan fingerprint density at radius 1 is 1.38 bits per heavy atom. The van der Waals surface area contributed by atoms with Gasteiger partial charge in [-0.15, -0.1) is 0 Å². The van der Waals surface area contributed by atoms with Crippen molar-refractivity contribution in [2.45, 2.75) is 44.2 Å². The van der Waals surface area contributed by atoms with Gasteiger partial charge in [0.15, 0.2) is 0 Å². The molecule has 0 bridgehead atoms. The van der Waals surface area contributed by atoms with Crippen LogP contribution in [0, 0.1) is 0 Å². The van der Waals surface area contributed by atoms with E-state index in [-0.39, 0.29) is 11.6 Å². The first-order chi connectivity index (χ1) is 10.2. The largest absolute Gasteiger partial charge is 0.497 e. The maximum atomic E-state index is 6.46. The third kappa shape index (κ3) is 2.87. The summed E-state index contributed by atoms with van der Waals surface area (Å²) in [7, 11) is 1.69. The lowest BCUT2D eigenvalue weighted by Crippen LogP contribution is -2.43. The molecule has 116 valence electrons. The third-order valence-electron chi connectivity index (χ3n) is 4.98. The lowest BCUT2D eigenvalue weighted by molar-refractivity contribution is 0.0217. The quantitative estimate of drug-likeness (QED) is 0.910. The fourth-order valence-corrected chi connectivity index (χ4v) is 3.67. The molecule has 0 amide bonds. The molecule has 0 aliphatic carbocycles. The van der Waals surface area contributed by atoms with Gasteiger partial charge in [-0.05, 0) is 38.4 Å². The number of rotatable bonds is 2. The molecule has 2 atom stereocenters. The van der Waals surface area contributed by atoms with Gasteiger partial charge in [0.25, 0.3) is 0 Å². The maximum absolute atomic E-state index is 6.46.